The van der Waals surface area contributed by atoms with Crippen LogP contribution >= 0.6 is 23.2 Å². The lowest BCUT2D eigenvalue weighted by molar-refractivity contribution is -0.140. The summed E-state index contributed by atoms with van der Waals surface area (Å²) in [4.78, 5) is 28.5. The molecule has 0 saturated heterocycles. The summed E-state index contributed by atoms with van der Waals surface area (Å²) < 4.78 is 26.3. The molecule has 0 heterocycles. The Morgan fingerprint density at radius 3 is 2.25 bits per heavy atom. The molecule has 0 aliphatic heterocycles. The zero-order valence-corrected chi connectivity index (χ0v) is 23.0. The van der Waals surface area contributed by atoms with Gasteiger partial charge in [-0.05, 0) is 49.1 Å². The summed E-state index contributed by atoms with van der Waals surface area (Å²) in [5.41, 5.74) is 0.987. The van der Waals surface area contributed by atoms with Crippen LogP contribution in [0.25, 0.3) is 0 Å². The first-order valence-electron chi connectivity index (χ1n) is 12.2. The second-order valence-electron chi connectivity index (χ2n) is 9.14. The normalized spacial score (nSPS) is 15.2. The predicted molar refractivity (Wildman–Crippen MR) is 145 cm³/mol. The summed E-state index contributed by atoms with van der Waals surface area (Å²) in [6.45, 7) is 1.49. The standard InChI is InChI=1S/C26H33Cl2N3O4S/c1-3-23(26(33)29-21-9-5-4-6-10-21)30(17-19-13-15-20(27)16-14-19)25(32)18-31(36(2,34)35)24-12-8-7-11-22(24)28/h7-8,11-16,21,23H,3-6,9-10,17-18H2,1-2H3,(H,29,33)/t23-/m0/s1. The molecular weight excluding hydrogens is 521 g/mol. The second kappa shape index (κ2) is 12.8. The SMILES string of the molecule is CC[C@@H](C(=O)NC1CCCCC1)N(Cc1ccc(Cl)cc1)C(=O)CN(c1ccccc1Cl)S(C)(=O)=O. The fourth-order valence-electron chi connectivity index (χ4n) is 4.50. The van der Waals surface area contributed by atoms with E-state index in [-0.39, 0.29) is 29.2 Å². The van der Waals surface area contributed by atoms with Gasteiger partial charge in [0.15, 0.2) is 0 Å². The van der Waals surface area contributed by atoms with E-state index in [0.29, 0.717) is 11.4 Å². The molecule has 196 valence electrons. The highest BCUT2D eigenvalue weighted by Crippen LogP contribution is 2.28. The number of benzene rings is 2. The van der Waals surface area contributed by atoms with Crippen molar-refractivity contribution >= 4 is 50.7 Å². The lowest BCUT2D eigenvalue weighted by Crippen LogP contribution is -2.54. The number of rotatable bonds is 10. The van der Waals surface area contributed by atoms with Gasteiger partial charge >= 0.3 is 0 Å². The van der Waals surface area contributed by atoms with E-state index in [4.69, 9.17) is 23.2 Å². The van der Waals surface area contributed by atoms with Gasteiger partial charge in [0, 0.05) is 17.6 Å². The van der Waals surface area contributed by atoms with E-state index in [1.165, 1.54) is 4.90 Å². The smallest absolute Gasteiger partial charge is 0.244 e. The number of carbonyl (C=O) groups is 2. The molecule has 0 bridgehead atoms. The molecule has 1 saturated carbocycles. The summed E-state index contributed by atoms with van der Waals surface area (Å²) in [7, 11) is -3.84. The van der Waals surface area contributed by atoms with Crippen molar-refractivity contribution in [3.63, 3.8) is 0 Å². The highest BCUT2D eigenvalue weighted by atomic mass is 35.5. The van der Waals surface area contributed by atoms with Crippen LogP contribution in [-0.4, -0.2) is 50.0 Å². The van der Waals surface area contributed by atoms with E-state index in [0.717, 1.165) is 48.2 Å². The van der Waals surface area contributed by atoms with Gasteiger partial charge in [-0.15, -0.1) is 0 Å². The van der Waals surface area contributed by atoms with Gasteiger partial charge in [-0.1, -0.05) is 73.7 Å². The number of anilines is 1. The van der Waals surface area contributed by atoms with E-state index in [1.54, 1.807) is 48.5 Å². The van der Waals surface area contributed by atoms with Gasteiger partial charge in [0.2, 0.25) is 21.8 Å². The summed E-state index contributed by atoms with van der Waals surface area (Å²) >= 11 is 12.3. The summed E-state index contributed by atoms with van der Waals surface area (Å²) in [5, 5.41) is 3.88. The number of hydrogen-bond acceptors (Lipinski definition) is 4. The molecule has 0 radical (unpaired) electrons. The van der Waals surface area contributed by atoms with Crippen LogP contribution in [0.4, 0.5) is 5.69 Å². The van der Waals surface area contributed by atoms with Crippen molar-refractivity contribution in [3.8, 4) is 0 Å². The van der Waals surface area contributed by atoms with Crippen LogP contribution in [0.1, 0.15) is 51.0 Å². The third kappa shape index (κ3) is 7.60. The molecule has 1 fully saturated rings. The van der Waals surface area contributed by atoms with Gasteiger partial charge in [-0.25, -0.2) is 8.42 Å². The minimum absolute atomic E-state index is 0.0865. The Labute approximate surface area is 223 Å². The fourth-order valence-corrected chi connectivity index (χ4v) is 5.77. The van der Waals surface area contributed by atoms with E-state index < -0.39 is 28.5 Å². The molecule has 1 aliphatic carbocycles. The summed E-state index contributed by atoms with van der Waals surface area (Å²) in [6.07, 6.45) is 6.53. The number of nitrogens with one attached hydrogen (secondary N) is 1. The van der Waals surface area contributed by atoms with Crippen LogP contribution in [0.2, 0.25) is 10.0 Å². The Hall–Kier alpha value is -2.29. The quantitative estimate of drug-likeness (QED) is 0.447. The van der Waals surface area contributed by atoms with Crippen LogP contribution in [0.15, 0.2) is 48.5 Å². The van der Waals surface area contributed by atoms with Crippen molar-refractivity contribution in [2.24, 2.45) is 0 Å². The van der Waals surface area contributed by atoms with E-state index >= 15 is 0 Å². The molecule has 10 heteroatoms. The minimum Gasteiger partial charge on any atom is -0.352 e. The van der Waals surface area contributed by atoms with Gasteiger partial charge in [-0.3, -0.25) is 13.9 Å². The van der Waals surface area contributed by atoms with Gasteiger partial charge < -0.3 is 10.2 Å². The number of para-hydroxylation sites is 1. The van der Waals surface area contributed by atoms with Crippen molar-refractivity contribution in [2.45, 2.75) is 64.1 Å². The highest BCUT2D eigenvalue weighted by Gasteiger charge is 2.33. The van der Waals surface area contributed by atoms with E-state index in [1.807, 2.05) is 6.92 Å². The van der Waals surface area contributed by atoms with Crippen LogP contribution in [0, 0.1) is 0 Å². The summed E-state index contributed by atoms with van der Waals surface area (Å²) in [5.74, 6) is -0.726. The molecule has 36 heavy (non-hydrogen) atoms. The molecular formula is C26H33Cl2N3O4S. The van der Waals surface area contributed by atoms with Crippen molar-refractivity contribution in [1.82, 2.24) is 10.2 Å². The first-order valence-corrected chi connectivity index (χ1v) is 14.8. The molecule has 2 amide bonds. The molecule has 1 atom stereocenters. The minimum atomic E-state index is -3.84. The Morgan fingerprint density at radius 1 is 1.03 bits per heavy atom. The van der Waals surface area contributed by atoms with E-state index in [9.17, 15) is 18.0 Å². The van der Waals surface area contributed by atoms with Crippen LogP contribution in [-0.2, 0) is 26.2 Å². The third-order valence-electron chi connectivity index (χ3n) is 6.40. The lowest BCUT2D eigenvalue weighted by Gasteiger charge is -2.34. The van der Waals surface area contributed by atoms with Crippen molar-refractivity contribution in [3.05, 3.63) is 64.1 Å². The molecule has 0 spiro atoms. The van der Waals surface area contributed by atoms with Crippen LogP contribution in [0.5, 0.6) is 0 Å². The Morgan fingerprint density at radius 2 is 1.67 bits per heavy atom. The van der Waals surface area contributed by atoms with Crippen molar-refractivity contribution < 1.29 is 18.0 Å². The molecule has 2 aromatic carbocycles. The topological polar surface area (TPSA) is 86.8 Å². The number of hydrogen-bond donors (Lipinski definition) is 1. The molecule has 1 aliphatic rings. The van der Waals surface area contributed by atoms with Crippen molar-refractivity contribution in [1.29, 1.82) is 0 Å². The average Bonchev–Trinajstić information content (AvgIpc) is 2.84. The highest BCUT2D eigenvalue weighted by molar-refractivity contribution is 7.92. The molecule has 7 nitrogen and oxygen atoms in total. The van der Waals surface area contributed by atoms with Crippen molar-refractivity contribution in [2.75, 3.05) is 17.1 Å². The predicted octanol–water partition coefficient (Wildman–Crippen LogP) is 5.02. The lowest BCUT2D eigenvalue weighted by atomic mass is 9.95. The van der Waals surface area contributed by atoms with E-state index in [2.05, 4.69) is 5.32 Å². The van der Waals surface area contributed by atoms with Gasteiger partial charge in [0.05, 0.1) is 17.0 Å². The fraction of sp³-hybridized carbons (Fsp3) is 0.462. The molecule has 1 N–H and O–H groups in total. The van der Waals surface area contributed by atoms with Gasteiger partial charge in [-0.2, -0.15) is 0 Å². The first-order chi connectivity index (χ1) is 17.1. The largest absolute Gasteiger partial charge is 0.352 e. The Bertz CT molecular complexity index is 1150. The Balaban J connectivity index is 1.91. The summed E-state index contributed by atoms with van der Waals surface area (Å²) in [6, 6.07) is 12.8. The molecule has 3 rings (SSSR count). The number of halogens is 2. The molecule has 0 unspecified atom stereocenters. The van der Waals surface area contributed by atoms with Crippen LogP contribution < -0.4 is 9.62 Å². The maximum Gasteiger partial charge on any atom is 0.244 e. The number of sulfonamides is 1. The maximum absolute atomic E-state index is 13.7. The second-order valence-corrected chi connectivity index (χ2v) is 11.9. The number of nitrogens with zero attached hydrogens (tertiary/aromatic N) is 2. The first kappa shape index (κ1) is 28.3. The maximum atomic E-state index is 13.7. The Kier molecular flexibility index (Phi) is 10.0. The zero-order chi connectivity index (χ0) is 26.3. The number of amides is 2. The monoisotopic (exact) mass is 553 g/mol. The zero-order valence-electron chi connectivity index (χ0n) is 20.6. The average molecular weight is 555 g/mol. The molecule has 0 aromatic heterocycles. The van der Waals surface area contributed by atoms with Gasteiger partial charge in [0.1, 0.15) is 12.6 Å². The molecule has 2 aromatic rings. The van der Waals surface area contributed by atoms with Gasteiger partial charge in [0.25, 0.3) is 0 Å². The number of carbonyl (C=O) groups excluding carboxylic acids is 2. The third-order valence-corrected chi connectivity index (χ3v) is 8.10. The van der Waals surface area contributed by atoms with Crippen LogP contribution in [0.3, 0.4) is 0 Å².